The van der Waals surface area contributed by atoms with Crippen molar-refractivity contribution in [3.05, 3.63) is 23.2 Å². The fourth-order valence-electron chi connectivity index (χ4n) is 2.48. The summed E-state index contributed by atoms with van der Waals surface area (Å²) >= 11 is 0. The van der Waals surface area contributed by atoms with Crippen molar-refractivity contribution < 1.29 is 4.42 Å². The summed E-state index contributed by atoms with van der Waals surface area (Å²) in [5.41, 5.74) is 1.31. The van der Waals surface area contributed by atoms with Crippen LogP contribution in [0.2, 0.25) is 0 Å². The molecule has 1 saturated carbocycles. The second kappa shape index (κ2) is 5.05. The van der Waals surface area contributed by atoms with Crippen LogP contribution in [0, 0.1) is 19.8 Å². The summed E-state index contributed by atoms with van der Waals surface area (Å²) in [5, 5.41) is 3.59. The van der Waals surface area contributed by atoms with Crippen LogP contribution in [-0.2, 0) is 0 Å². The largest absolute Gasteiger partial charge is 0.466 e. The van der Waals surface area contributed by atoms with E-state index < -0.39 is 0 Å². The smallest absolute Gasteiger partial charge is 0.105 e. The lowest BCUT2D eigenvalue weighted by Gasteiger charge is -2.26. The van der Waals surface area contributed by atoms with Gasteiger partial charge in [-0.15, -0.1) is 0 Å². The minimum absolute atomic E-state index is 0.414. The van der Waals surface area contributed by atoms with Gasteiger partial charge in [-0.2, -0.15) is 0 Å². The molecule has 1 aromatic heterocycles. The van der Waals surface area contributed by atoms with Crippen LogP contribution in [0.4, 0.5) is 0 Å². The molecule has 2 heteroatoms. The van der Waals surface area contributed by atoms with E-state index in [4.69, 9.17) is 4.42 Å². The Kier molecular flexibility index (Phi) is 3.70. The Balaban J connectivity index is 1.78. The molecular weight excluding hydrogens is 198 g/mol. The molecule has 1 heterocycles. The fourth-order valence-corrected chi connectivity index (χ4v) is 2.48. The molecule has 1 aliphatic rings. The molecule has 1 unspecified atom stereocenters. The molecular formula is C14H23NO. The minimum Gasteiger partial charge on any atom is -0.466 e. The Morgan fingerprint density at radius 1 is 1.44 bits per heavy atom. The van der Waals surface area contributed by atoms with Crippen LogP contribution in [0.3, 0.4) is 0 Å². The lowest BCUT2D eigenvalue weighted by Crippen LogP contribution is -2.24. The van der Waals surface area contributed by atoms with Crippen molar-refractivity contribution in [1.82, 2.24) is 5.32 Å². The van der Waals surface area contributed by atoms with Gasteiger partial charge in [0.15, 0.2) is 0 Å². The van der Waals surface area contributed by atoms with Gasteiger partial charge in [0.1, 0.15) is 11.5 Å². The van der Waals surface area contributed by atoms with Crippen LogP contribution < -0.4 is 5.32 Å². The number of nitrogens with one attached hydrogen (secondary N) is 1. The van der Waals surface area contributed by atoms with Crippen LogP contribution in [0.5, 0.6) is 0 Å². The van der Waals surface area contributed by atoms with Gasteiger partial charge in [-0.3, -0.25) is 0 Å². The summed E-state index contributed by atoms with van der Waals surface area (Å²) < 4.78 is 5.56. The molecule has 2 rings (SSSR count). The van der Waals surface area contributed by atoms with Gasteiger partial charge in [-0.1, -0.05) is 19.3 Å². The summed E-state index contributed by atoms with van der Waals surface area (Å²) in [5.74, 6) is 3.06. The summed E-state index contributed by atoms with van der Waals surface area (Å²) in [6.07, 6.45) is 5.67. The van der Waals surface area contributed by atoms with E-state index in [2.05, 4.69) is 18.3 Å². The maximum atomic E-state index is 5.56. The Labute approximate surface area is 98.4 Å². The van der Waals surface area contributed by atoms with E-state index in [1.165, 1.54) is 31.2 Å². The van der Waals surface area contributed by atoms with Gasteiger partial charge >= 0.3 is 0 Å². The molecule has 0 spiro atoms. The van der Waals surface area contributed by atoms with Crippen LogP contribution in [0.1, 0.15) is 55.7 Å². The Hall–Kier alpha value is -0.760. The van der Waals surface area contributed by atoms with Gasteiger partial charge in [0.2, 0.25) is 0 Å². The van der Waals surface area contributed by atoms with E-state index in [1.54, 1.807) is 0 Å². The summed E-state index contributed by atoms with van der Waals surface area (Å²) in [6, 6.07) is 2.56. The van der Waals surface area contributed by atoms with Crippen LogP contribution in [-0.4, -0.2) is 6.54 Å². The van der Waals surface area contributed by atoms with Crippen LogP contribution in [0.25, 0.3) is 0 Å². The highest BCUT2D eigenvalue weighted by Gasteiger charge is 2.17. The summed E-state index contributed by atoms with van der Waals surface area (Å²) in [6.45, 7) is 7.41. The van der Waals surface area contributed by atoms with E-state index >= 15 is 0 Å². The Bertz CT molecular complexity index is 339. The number of furan rings is 1. The van der Waals surface area contributed by atoms with Crippen molar-refractivity contribution in [3.63, 3.8) is 0 Å². The highest BCUT2D eigenvalue weighted by Crippen LogP contribution is 2.29. The molecule has 1 N–H and O–H groups in total. The normalized spacial score (nSPS) is 18.4. The van der Waals surface area contributed by atoms with Gasteiger partial charge < -0.3 is 9.73 Å². The molecule has 1 fully saturated rings. The number of hydrogen-bond acceptors (Lipinski definition) is 2. The quantitative estimate of drug-likeness (QED) is 0.819. The molecule has 0 radical (unpaired) electrons. The zero-order valence-corrected chi connectivity index (χ0v) is 10.7. The number of aryl methyl sites for hydroxylation is 2. The molecule has 0 amide bonds. The first kappa shape index (κ1) is 11.7. The minimum atomic E-state index is 0.414. The van der Waals surface area contributed by atoms with Crippen LogP contribution in [0.15, 0.2) is 10.5 Å². The summed E-state index contributed by atoms with van der Waals surface area (Å²) in [7, 11) is 0. The van der Waals surface area contributed by atoms with Crippen molar-refractivity contribution in [3.8, 4) is 0 Å². The van der Waals surface area contributed by atoms with Crippen molar-refractivity contribution in [2.24, 2.45) is 5.92 Å². The maximum Gasteiger partial charge on any atom is 0.105 e. The highest BCUT2D eigenvalue weighted by molar-refractivity contribution is 5.23. The van der Waals surface area contributed by atoms with Crippen molar-refractivity contribution >= 4 is 0 Å². The predicted molar refractivity (Wildman–Crippen MR) is 66.6 cm³/mol. The molecule has 0 aliphatic heterocycles. The van der Waals surface area contributed by atoms with Gasteiger partial charge in [0.05, 0.1) is 0 Å². The summed E-state index contributed by atoms with van der Waals surface area (Å²) in [4.78, 5) is 0. The van der Waals surface area contributed by atoms with Gasteiger partial charge in [-0.05, 0) is 45.7 Å². The van der Waals surface area contributed by atoms with E-state index in [-0.39, 0.29) is 0 Å². The molecule has 2 nitrogen and oxygen atoms in total. The SMILES string of the molecule is Cc1cc(C(C)NCCC2CCC2)c(C)o1. The average Bonchev–Trinajstić information content (AvgIpc) is 2.49. The monoisotopic (exact) mass is 221 g/mol. The molecule has 0 aromatic carbocycles. The average molecular weight is 221 g/mol. The zero-order valence-electron chi connectivity index (χ0n) is 10.7. The zero-order chi connectivity index (χ0) is 11.5. The molecule has 0 saturated heterocycles. The molecule has 16 heavy (non-hydrogen) atoms. The van der Waals surface area contributed by atoms with E-state index in [9.17, 15) is 0 Å². The Morgan fingerprint density at radius 2 is 2.19 bits per heavy atom. The third-order valence-corrected chi connectivity index (χ3v) is 3.77. The van der Waals surface area contributed by atoms with E-state index in [0.717, 1.165) is 24.0 Å². The maximum absolute atomic E-state index is 5.56. The Morgan fingerprint density at radius 3 is 2.69 bits per heavy atom. The molecule has 1 aromatic rings. The molecule has 1 atom stereocenters. The first-order valence-corrected chi connectivity index (χ1v) is 6.47. The van der Waals surface area contributed by atoms with E-state index in [1.807, 2.05) is 13.8 Å². The molecule has 0 bridgehead atoms. The standard InChI is InChI=1S/C14H23NO/c1-10-9-14(12(3)16-10)11(2)15-8-7-13-5-4-6-13/h9,11,13,15H,4-8H2,1-3H3. The number of hydrogen-bond donors (Lipinski definition) is 1. The first-order chi connectivity index (χ1) is 7.66. The predicted octanol–water partition coefficient (Wildman–Crippen LogP) is 3.74. The highest BCUT2D eigenvalue weighted by atomic mass is 16.3. The third kappa shape index (κ3) is 2.67. The molecule has 1 aliphatic carbocycles. The first-order valence-electron chi connectivity index (χ1n) is 6.47. The second-order valence-electron chi connectivity index (χ2n) is 5.13. The van der Waals surface area contributed by atoms with Crippen molar-refractivity contribution in [2.45, 2.75) is 52.5 Å². The van der Waals surface area contributed by atoms with Gasteiger partial charge in [0.25, 0.3) is 0 Å². The lowest BCUT2D eigenvalue weighted by molar-refractivity contribution is 0.288. The van der Waals surface area contributed by atoms with E-state index in [0.29, 0.717) is 6.04 Å². The van der Waals surface area contributed by atoms with Gasteiger partial charge in [-0.25, -0.2) is 0 Å². The van der Waals surface area contributed by atoms with Crippen LogP contribution >= 0.6 is 0 Å². The third-order valence-electron chi connectivity index (χ3n) is 3.77. The second-order valence-corrected chi connectivity index (χ2v) is 5.13. The van der Waals surface area contributed by atoms with Crippen molar-refractivity contribution in [2.75, 3.05) is 6.54 Å². The topological polar surface area (TPSA) is 25.2 Å². The number of rotatable bonds is 5. The van der Waals surface area contributed by atoms with Gasteiger partial charge in [0, 0.05) is 11.6 Å². The fraction of sp³-hybridized carbons (Fsp3) is 0.714. The van der Waals surface area contributed by atoms with Crippen molar-refractivity contribution in [1.29, 1.82) is 0 Å². The lowest BCUT2D eigenvalue weighted by atomic mass is 9.83. The molecule has 90 valence electrons.